The van der Waals surface area contributed by atoms with E-state index in [1.807, 2.05) is 13.8 Å². The molecule has 7 nitrogen and oxygen atoms in total. The van der Waals surface area contributed by atoms with Gasteiger partial charge in [0.05, 0.1) is 22.7 Å². The van der Waals surface area contributed by atoms with Gasteiger partial charge < -0.3 is 9.88 Å². The van der Waals surface area contributed by atoms with E-state index in [0.717, 1.165) is 18.4 Å². The van der Waals surface area contributed by atoms with Gasteiger partial charge in [0.2, 0.25) is 5.43 Å². The van der Waals surface area contributed by atoms with Gasteiger partial charge in [0, 0.05) is 35.9 Å². The van der Waals surface area contributed by atoms with E-state index in [4.69, 9.17) is 0 Å². The van der Waals surface area contributed by atoms with Crippen LogP contribution in [0.2, 0.25) is 0 Å². The molecule has 36 heavy (non-hydrogen) atoms. The first-order valence-corrected chi connectivity index (χ1v) is 13.0. The average molecular weight is 522 g/mol. The van der Waals surface area contributed by atoms with Gasteiger partial charge in [-0.05, 0) is 50.1 Å². The van der Waals surface area contributed by atoms with Gasteiger partial charge in [0.1, 0.15) is 5.56 Å². The van der Waals surface area contributed by atoms with Gasteiger partial charge in [-0.25, -0.2) is 8.42 Å². The van der Waals surface area contributed by atoms with Gasteiger partial charge >= 0.3 is 6.18 Å². The molecule has 1 amide bonds. The summed E-state index contributed by atoms with van der Waals surface area (Å²) < 4.78 is 64.8. The minimum absolute atomic E-state index is 0.0182. The molecule has 0 aliphatic heterocycles. The largest absolute Gasteiger partial charge is 0.416 e. The van der Waals surface area contributed by atoms with Crippen LogP contribution in [0.1, 0.15) is 53.6 Å². The van der Waals surface area contributed by atoms with E-state index in [1.165, 1.54) is 36.7 Å². The van der Waals surface area contributed by atoms with Crippen LogP contribution in [0.3, 0.4) is 0 Å². The van der Waals surface area contributed by atoms with Gasteiger partial charge in [0.15, 0.2) is 9.84 Å². The van der Waals surface area contributed by atoms with Gasteiger partial charge in [0.25, 0.3) is 5.91 Å². The molecule has 0 radical (unpaired) electrons. The van der Waals surface area contributed by atoms with Crippen molar-refractivity contribution in [3.8, 4) is 11.1 Å². The van der Waals surface area contributed by atoms with Crippen molar-refractivity contribution in [2.24, 2.45) is 0 Å². The summed E-state index contributed by atoms with van der Waals surface area (Å²) >= 11 is 0. The number of benzene rings is 1. The molecule has 1 aromatic carbocycles. The number of aromatic nitrogens is 2. The molecule has 0 aliphatic rings. The molecule has 0 fully saturated rings. The van der Waals surface area contributed by atoms with Crippen molar-refractivity contribution < 1.29 is 26.4 Å². The molecule has 0 unspecified atom stereocenters. The van der Waals surface area contributed by atoms with Crippen LogP contribution in [0.25, 0.3) is 11.1 Å². The van der Waals surface area contributed by atoms with Crippen molar-refractivity contribution in [1.29, 1.82) is 0 Å². The monoisotopic (exact) mass is 521 g/mol. The molecular weight excluding hydrogens is 495 g/mol. The molecule has 0 saturated heterocycles. The number of rotatable bonds is 7. The number of nitrogens with one attached hydrogen (secondary N) is 1. The van der Waals surface area contributed by atoms with Crippen LogP contribution in [0.5, 0.6) is 0 Å². The Bertz CT molecular complexity index is 1450. The highest BCUT2D eigenvalue weighted by Gasteiger charge is 2.31. The second-order valence-corrected chi connectivity index (χ2v) is 10.5. The van der Waals surface area contributed by atoms with Crippen LogP contribution in [-0.2, 0) is 22.6 Å². The second-order valence-electron chi connectivity index (χ2n) is 8.52. The average Bonchev–Trinajstić information content (AvgIpc) is 2.81. The molecule has 1 N–H and O–H groups in total. The zero-order valence-electron chi connectivity index (χ0n) is 20.2. The Morgan fingerprint density at radius 1 is 1.19 bits per heavy atom. The van der Waals surface area contributed by atoms with Crippen LogP contribution in [0, 0.1) is 6.92 Å². The maximum absolute atomic E-state index is 13.4. The van der Waals surface area contributed by atoms with Crippen molar-refractivity contribution in [2.75, 3.05) is 6.26 Å². The fourth-order valence-electron chi connectivity index (χ4n) is 3.73. The smallest absolute Gasteiger partial charge is 0.347 e. The third-order valence-corrected chi connectivity index (χ3v) is 7.03. The molecule has 2 heterocycles. The number of carbonyl (C=O) groups is 1. The number of amides is 1. The lowest BCUT2D eigenvalue weighted by Gasteiger charge is -2.22. The molecule has 3 aromatic rings. The summed E-state index contributed by atoms with van der Waals surface area (Å²) in [5, 5.41) is 2.59. The standard InChI is InChI=1S/C25H26F3N3O4S/c1-5-15(2)31-14-21(24(33)30-12-19-9-10-20(13-29-19)36(4,34)35)23(32)22(16(31)3)17-7-6-8-18(11-17)25(26,27)28/h6-11,13-15H,5,12H2,1-4H3,(H,30,33)/t15-/m0/s1. The van der Waals surface area contributed by atoms with Crippen molar-refractivity contribution in [3.05, 3.63) is 81.5 Å². The number of halogens is 3. The molecular formula is C25H26F3N3O4S. The minimum atomic E-state index is -4.59. The van der Waals surface area contributed by atoms with Gasteiger partial charge in [-0.3, -0.25) is 14.6 Å². The van der Waals surface area contributed by atoms with Crippen molar-refractivity contribution >= 4 is 15.7 Å². The number of hydrogen-bond acceptors (Lipinski definition) is 5. The highest BCUT2D eigenvalue weighted by Crippen LogP contribution is 2.32. The molecule has 11 heteroatoms. The number of carbonyl (C=O) groups excluding carboxylic acids is 1. The van der Waals surface area contributed by atoms with Crippen LogP contribution in [-0.4, -0.2) is 30.1 Å². The minimum Gasteiger partial charge on any atom is -0.347 e. The summed E-state index contributed by atoms with van der Waals surface area (Å²) in [5.74, 6) is -0.723. The summed E-state index contributed by atoms with van der Waals surface area (Å²) in [6, 6.07) is 7.13. The van der Waals surface area contributed by atoms with Crippen LogP contribution >= 0.6 is 0 Å². The molecule has 1 atom stereocenters. The number of pyridine rings is 2. The molecule has 0 aliphatic carbocycles. The molecule has 0 spiro atoms. The third-order valence-electron chi connectivity index (χ3n) is 5.93. The third kappa shape index (κ3) is 5.84. The van der Waals surface area contributed by atoms with Crippen LogP contribution < -0.4 is 10.7 Å². The van der Waals surface area contributed by atoms with E-state index in [-0.39, 0.29) is 34.2 Å². The SMILES string of the molecule is CC[C@H](C)n1cc(C(=O)NCc2ccc(S(C)(=O)=O)cn2)c(=O)c(-c2cccc(C(F)(F)F)c2)c1C. The summed E-state index contributed by atoms with van der Waals surface area (Å²) in [5.41, 5.74) is -0.911. The number of alkyl halides is 3. The van der Waals surface area contributed by atoms with Crippen LogP contribution in [0.4, 0.5) is 13.2 Å². The summed E-state index contributed by atoms with van der Waals surface area (Å²) in [7, 11) is -3.43. The fourth-order valence-corrected chi connectivity index (χ4v) is 4.29. The maximum Gasteiger partial charge on any atom is 0.416 e. The highest BCUT2D eigenvalue weighted by molar-refractivity contribution is 7.90. The van der Waals surface area contributed by atoms with E-state index in [0.29, 0.717) is 17.8 Å². The summed E-state index contributed by atoms with van der Waals surface area (Å²) in [6.45, 7) is 5.34. The molecule has 0 bridgehead atoms. The maximum atomic E-state index is 13.4. The van der Waals surface area contributed by atoms with E-state index < -0.39 is 32.9 Å². The van der Waals surface area contributed by atoms with Gasteiger partial charge in [-0.1, -0.05) is 19.1 Å². The predicted octanol–water partition coefficient (Wildman–Crippen LogP) is 4.54. The topological polar surface area (TPSA) is 98.1 Å². The van der Waals surface area contributed by atoms with E-state index in [1.54, 1.807) is 11.5 Å². The Hall–Kier alpha value is -3.47. The first-order valence-electron chi connectivity index (χ1n) is 11.1. The zero-order valence-corrected chi connectivity index (χ0v) is 21.0. The van der Waals surface area contributed by atoms with Crippen molar-refractivity contribution in [1.82, 2.24) is 14.9 Å². The van der Waals surface area contributed by atoms with Crippen LogP contribution in [0.15, 0.2) is 58.5 Å². The Morgan fingerprint density at radius 3 is 2.44 bits per heavy atom. The Kier molecular flexibility index (Phi) is 7.73. The zero-order chi connectivity index (χ0) is 26.8. The number of hydrogen-bond donors (Lipinski definition) is 1. The quantitative estimate of drug-likeness (QED) is 0.492. The molecule has 0 saturated carbocycles. The van der Waals surface area contributed by atoms with Gasteiger partial charge in [-0.15, -0.1) is 0 Å². The van der Waals surface area contributed by atoms with E-state index in [2.05, 4.69) is 10.3 Å². The highest BCUT2D eigenvalue weighted by atomic mass is 32.2. The Morgan fingerprint density at radius 2 is 1.89 bits per heavy atom. The lowest BCUT2D eigenvalue weighted by atomic mass is 9.98. The first-order chi connectivity index (χ1) is 16.7. The number of sulfone groups is 1. The normalized spacial score (nSPS) is 12.9. The number of nitrogens with zero attached hydrogens (tertiary/aromatic N) is 2. The van der Waals surface area contributed by atoms with E-state index in [9.17, 15) is 31.2 Å². The predicted molar refractivity (Wildman–Crippen MR) is 129 cm³/mol. The molecule has 192 valence electrons. The molecule has 3 rings (SSSR count). The summed E-state index contributed by atoms with van der Waals surface area (Å²) in [6.07, 6.45) is -0.298. The molecule has 2 aromatic heterocycles. The lowest BCUT2D eigenvalue weighted by molar-refractivity contribution is -0.137. The van der Waals surface area contributed by atoms with E-state index >= 15 is 0 Å². The lowest BCUT2D eigenvalue weighted by Crippen LogP contribution is -2.31. The fraction of sp³-hybridized carbons (Fsp3) is 0.320. The van der Waals surface area contributed by atoms with Crippen molar-refractivity contribution in [3.63, 3.8) is 0 Å². The summed E-state index contributed by atoms with van der Waals surface area (Å²) in [4.78, 5) is 30.5. The Labute approximate surface area is 206 Å². The first kappa shape index (κ1) is 27.1. The van der Waals surface area contributed by atoms with Gasteiger partial charge in [-0.2, -0.15) is 13.2 Å². The van der Waals surface area contributed by atoms with Crippen molar-refractivity contribution in [2.45, 2.75) is 50.9 Å². The second kappa shape index (κ2) is 10.3. The Balaban J connectivity index is 2.03.